The van der Waals surface area contributed by atoms with Gasteiger partial charge in [-0.3, -0.25) is 5.41 Å². The first-order chi connectivity index (χ1) is 5.59. The van der Waals surface area contributed by atoms with Crippen molar-refractivity contribution in [3.8, 4) is 0 Å². The first kappa shape index (κ1) is 9.13. The van der Waals surface area contributed by atoms with Gasteiger partial charge < -0.3 is 5.73 Å². The predicted molar refractivity (Wildman–Crippen MR) is 53.7 cm³/mol. The molecule has 0 atom stereocenters. The van der Waals surface area contributed by atoms with Gasteiger partial charge in [0.05, 0.1) is 0 Å². The largest absolute Gasteiger partial charge is 0.378 e. The van der Waals surface area contributed by atoms with Crippen LogP contribution >= 0.6 is 11.8 Å². The summed E-state index contributed by atoms with van der Waals surface area (Å²) in [4.78, 5) is 1.06. The molecule has 1 rings (SSSR count). The lowest BCUT2D eigenvalue weighted by molar-refractivity contribution is 1.27. The zero-order chi connectivity index (χ0) is 9.14. The molecule has 0 unspecified atom stereocenters. The molecule has 0 radical (unpaired) electrons. The van der Waals surface area contributed by atoms with E-state index in [1.54, 1.807) is 0 Å². The molecular formula is C9H12N2S. The number of benzene rings is 1. The number of thioether (sulfide) groups is 1. The molecule has 0 aromatic heterocycles. The van der Waals surface area contributed by atoms with Crippen molar-refractivity contribution in [2.75, 3.05) is 0 Å². The van der Waals surface area contributed by atoms with Crippen LogP contribution in [0.5, 0.6) is 0 Å². The second kappa shape index (κ2) is 3.63. The zero-order valence-corrected chi connectivity index (χ0v) is 8.03. The second-order valence-electron chi connectivity index (χ2n) is 2.74. The van der Waals surface area contributed by atoms with E-state index in [1.807, 2.05) is 19.1 Å². The smallest absolute Gasteiger partial charge is 0.155 e. The minimum absolute atomic E-state index is 0.141. The lowest BCUT2D eigenvalue weighted by atomic mass is 10.2. The molecule has 0 saturated heterocycles. The molecule has 3 N–H and O–H groups in total. The summed E-state index contributed by atoms with van der Waals surface area (Å²) < 4.78 is 0. The molecule has 0 aliphatic carbocycles. The number of amidine groups is 1. The average Bonchev–Trinajstić information content (AvgIpc) is 1.94. The molecule has 2 nitrogen and oxygen atoms in total. The van der Waals surface area contributed by atoms with Crippen molar-refractivity contribution in [2.24, 2.45) is 5.73 Å². The van der Waals surface area contributed by atoms with Crippen LogP contribution in [0.1, 0.15) is 11.1 Å². The molecule has 1 aromatic carbocycles. The Balaban J connectivity index is 2.93. The highest BCUT2D eigenvalue weighted by Crippen LogP contribution is 2.22. The molecule has 0 saturated carbocycles. The van der Waals surface area contributed by atoms with Crippen LogP contribution in [0.2, 0.25) is 0 Å². The normalized spacial score (nSPS) is 9.83. The van der Waals surface area contributed by atoms with Gasteiger partial charge in [-0.1, -0.05) is 29.5 Å². The second-order valence-corrected chi connectivity index (χ2v) is 3.82. The minimum atomic E-state index is 0.141. The number of hydrogen-bond donors (Lipinski definition) is 2. The maximum Gasteiger partial charge on any atom is 0.155 e. The highest BCUT2D eigenvalue weighted by molar-refractivity contribution is 8.13. The minimum Gasteiger partial charge on any atom is -0.378 e. The highest BCUT2D eigenvalue weighted by Gasteiger charge is 1.99. The highest BCUT2D eigenvalue weighted by atomic mass is 32.2. The van der Waals surface area contributed by atoms with Crippen molar-refractivity contribution in [1.29, 1.82) is 5.41 Å². The predicted octanol–water partition coefficient (Wildman–Crippen LogP) is 2.29. The zero-order valence-electron chi connectivity index (χ0n) is 7.22. The fourth-order valence-electron chi connectivity index (χ4n) is 1.03. The Hall–Kier alpha value is -0.960. The Morgan fingerprint density at radius 2 is 2.08 bits per heavy atom. The molecule has 0 aliphatic heterocycles. The lowest BCUT2D eigenvalue weighted by Gasteiger charge is -2.03. The third kappa shape index (κ3) is 2.27. The Bertz CT molecular complexity index is 307. The summed E-state index contributed by atoms with van der Waals surface area (Å²) in [6.07, 6.45) is 0. The third-order valence-corrected chi connectivity index (χ3v) is 2.45. The lowest BCUT2D eigenvalue weighted by Crippen LogP contribution is -2.03. The molecule has 0 bridgehead atoms. The molecule has 0 spiro atoms. The topological polar surface area (TPSA) is 49.9 Å². The summed E-state index contributed by atoms with van der Waals surface area (Å²) in [6.45, 7) is 4.08. The van der Waals surface area contributed by atoms with E-state index in [-0.39, 0.29) is 5.17 Å². The first-order valence-corrected chi connectivity index (χ1v) is 4.50. The van der Waals surface area contributed by atoms with E-state index >= 15 is 0 Å². The number of rotatable bonds is 1. The molecule has 12 heavy (non-hydrogen) atoms. The van der Waals surface area contributed by atoms with Crippen LogP contribution in [0.15, 0.2) is 23.1 Å². The molecule has 64 valence electrons. The van der Waals surface area contributed by atoms with Gasteiger partial charge in [0, 0.05) is 4.90 Å². The summed E-state index contributed by atoms with van der Waals surface area (Å²) in [5.41, 5.74) is 7.69. The first-order valence-electron chi connectivity index (χ1n) is 3.68. The average molecular weight is 180 g/mol. The number of aryl methyl sites for hydroxylation is 2. The number of nitrogens with two attached hydrogens (primary N) is 1. The van der Waals surface area contributed by atoms with Gasteiger partial charge in [0.25, 0.3) is 0 Å². The standard InChI is InChI=1S/C9H12N2S/c1-6-3-4-8(7(2)5-6)12-9(10)11/h3-5H,1-2H3,(H3,10,11). The van der Waals surface area contributed by atoms with Crippen molar-refractivity contribution in [1.82, 2.24) is 0 Å². The summed E-state index contributed by atoms with van der Waals surface area (Å²) in [5, 5.41) is 7.26. The van der Waals surface area contributed by atoms with Crippen molar-refractivity contribution >= 4 is 16.9 Å². The van der Waals surface area contributed by atoms with Gasteiger partial charge in [-0.2, -0.15) is 0 Å². The quantitative estimate of drug-likeness (QED) is 0.396. The van der Waals surface area contributed by atoms with Crippen LogP contribution < -0.4 is 5.73 Å². The van der Waals surface area contributed by atoms with Gasteiger partial charge in [0.15, 0.2) is 5.17 Å². The van der Waals surface area contributed by atoms with E-state index in [4.69, 9.17) is 11.1 Å². The van der Waals surface area contributed by atoms with Gasteiger partial charge in [-0.25, -0.2) is 0 Å². The van der Waals surface area contributed by atoms with Gasteiger partial charge in [-0.05, 0) is 25.5 Å². The van der Waals surface area contributed by atoms with E-state index in [0.717, 1.165) is 4.90 Å². The molecule has 0 amide bonds. The Morgan fingerprint density at radius 1 is 1.42 bits per heavy atom. The molecule has 0 fully saturated rings. The molecule has 0 aliphatic rings. The third-order valence-electron chi connectivity index (χ3n) is 1.55. The monoisotopic (exact) mass is 180 g/mol. The molecule has 1 aromatic rings. The van der Waals surface area contributed by atoms with Crippen molar-refractivity contribution < 1.29 is 0 Å². The van der Waals surface area contributed by atoms with E-state index in [1.165, 1.54) is 22.9 Å². The maximum atomic E-state index is 7.12. The fourth-order valence-corrected chi connectivity index (χ4v) is 1.63. The van der Waals surface area contributed by atoms with Crippen LogP contribution in [0, 0.1) is 19.3 Å². The van der Waals surface area contributed by atoms with E-state index in [9.17, 15) is 0 Å². The Labute approximate surface area is 76.7 Å². The summed E-state index contributed by atoms with van der Waals surface area (Å²) in [7, 11) is 0. The summed E-state index contributed by atoms with van der Waals surface area (Å²) >= 11 is 1.29. The number of hydrogen-bond acceptors (Lipinski definition) is 2. The van der Waals surface area contributed by atoms with Gasteiger partial charge >= 0.3 is 0 Å². The van der Waals surface area contributed by atoms with Gasteiger partial charge in [0.1, 0.15) is 0 Å². The van der Waals surface area contributed by atoms with Crippen molar-refractivity contribution in [2.45, 2.75) is 18.7 Å². The molecular weight excluding hydrogens is 168 g/mol. The summed E-state index contributed by atoms with van der Waals surface area (Å²) in [5.74, 6) is 0. The van der Waals surface area contributed by atoms with E-state index < -0.39 is 0 Å². The molecule has 0 heterocycles. The van der Waals surface area contributed by atoms with Crippen LogP contribution in [0.25, 0.3) is 0 Å². The van der Waals surface area contributed by atoms with Crippen LogP contribution in [-0.2, 0) is 0 Å². The van der Waals surface area contributed by atoms with Gasteiger partial charge in [0.2, 0.25) is 0 Å². The number of nitrogens with one attached hydrogen (secondary N) is 1. The van der Waals surface area contributed by atoms with E-state index in [2.05, 4.69) is 13.0 Å². The Kier molecular flexibility index (Phi) is 2.76. The van der Waals surface area contributed by atoms with E-state index in [0.29, 0.717) is 0 Å². The van der Waals surface area contributed by atoms with Crippen molar-refractivity contribution in [3.05, 3.63) is 29.3 Å². The van der Waals surface area contributed by atoms with Crippen LogP contribution in [0.3, 0.4) is 0 Å². The van der Waals surface area contributed by atoms with Crippen LogP contribution in [-0.4, -0.2) is 5.17 Å². The fraction of sp³-hybridized carbons (Fsp3) is 0.222. The van der Waals surface area contributed by atoms with Crippen LogP contribution in [0.4, 0.5) is 0 Å². The SMILES string of the molecule is Cc1ccc(SC(=N)N)c(C)c1. The maximum absolute atomic E-state index is 7.12. The molecule has 3 heteroatoms. The van der Waals surface area contributed by atoms with Crippen molar-refractivity contribution in [3.63, 3.8) is 0 Å². The Morgan fingerprint density at radius 3 is 2.58 bits per heavy atom. The van der Waals surface area contributed by atoms with Gasteiger partial charge in [-0.15, -0.1) is 0 Å². The summed E-state index contributed by atoms with van der Waals surface area (Å²) in [6, 6.07) is 6.11.